The van der Waals surface area contributed by atoms with Crippen LogP contribution in [0.2, 0.25) is 0 Å². The first-order valence-corrected chi connectivity index (χ1v) is 5.70. The van der Waals surface area contributed by atoms with Gasteiger partial charge in [0, 0.05) is 0 Å². The third-order valence-corrected chi connectivity index (χ3v) is 3.09. The summed E-state index contributed by atoms with van der Waals surface area (Å²) in [6, 6.07) is 0. The molecule has 1 aliphatic rings. The molecule has 3 heterocycles. The van der Waals surface area contributed by atoms with E-state index in [-0.39, 0.29) is 18.2 Å². The molecule has 6 N–H and O–H groups in total. The van der Waals surface area contributed by atoms with Crippen molar-refractivity contribution < 1.29 is 20.1 Å². The van der Waals surface area contributed by atoms with E-state index in [1.54, 1.807) is 0 Å². The molecule has 102 valence electrons. The predicted octanol–water partition coefficient (Wildman–Crippen LogP) is -1.91. The minimum atomic E-state index is -1.33. The van der Waals surface area contributed by atoms with Crippen molar-refractivity contribution >= 4 is 17.0 Å². The smallest absolute Gasteiger partial charge is 0.183 e. The van der Waals surface area contributed by atoms with E-state index in [9.17, 15) is 15.3 Å². The number of aliphatic hydroxyl groups is 3. The molecule has 1 aliphatic heterocycles. The van der Waals surface area contributed by atoms with Gasteiger partial charge in [-0.15, -0.1) is 0 Å². The van der Waals surface area contributed by atoms with Gasteiger partial charge < -0.3 is 30.8 Å². The van der Waals surface area contributed by atoms with E-state index in [0.717, 1.165) is 0 Å². The average molecular weight is 267 g/mol. The van der Waals surface area contributed by atoms with E-state index in [1.807, 2.05) is 0 Å². The lowest BCUT2D eigenvalue weighted by molar-refractivity contribution is -0.191. The zero-order chi connectivity index (χ0) is 13.6. The number of ether oxygens (including phenoxy) is 1. The second-order valence-electron chi connectivity index (χ2n) is 4.37. The molecule has 0 aromatic carbocycles. The summed E-state index contributed by atoms with van der Waals surface area (Å²) in [5, 5.41) is 28.9. The largest absolute Gasteiger partial charge is 0.388 e. The Morgan fingerprint density at radius 2 is 2.05 bits per heavy atom. The van der Waals surface area contributed by atoms with Gasteiger partial charge in [-0.05, 0) is 0 Å². The van der Waals surface area contributed by atoms with Crippen LogP contribution in [0.3, 0.4) is 0 Å². The van der Waals surface area contributed by atoms with Crippen LogP contribution in [0.25, 0.3) is 11.2 Å². The van der Waals surface area contributed by atoms with Crippen molar-refractivity contribution in [3.8, 4) is 0 Å². The standard InChI is InChI=1S/C10H13N5O4/c11-8-4-9(13-2-12-4)15-10(14-8)7-6(18)5(17)3(16)1-19-7/h2-3,5-7,16-18H,1H2,(H3,11,12,13,14,15)/t3-,5-,6+,7?/m1/s1. The van der Waals surface area contributed by atoms with Gasteiger partial charge in [0.25, 0.3) is 0 Å². The molecule has 19 heavy (non-hydrogen) atoms. The summed E-state index contributed by atoms with van der Waals surface area (Å²) >= 11 is 0. The van der Waals surface area contributed by atoms with Crippen molar-refractivity contribution in [1.29, 1.82) is 0 Å². The second-order valence-corrected chi connectivity index (χ2v) is 4.37. The molecule has 2 aromatic heterocycles. The van der Waals surface area contributed by atoms with Crippen LogP contribution in [-0.4, -0.2) is 60.2 Å². The van der Waals surface area contributed by atoms with Crippen LogP contribution >= 0.6 is 0 Å². The maximum atomic E-state index is 9.89. The number of aromatic amines is 1. The molecule has 9 heteroatoms. The summed E-state index contributed by atoms with van der Waals surface area (Å²) in [5.74, 6) is 0.296. The molecule has 1 saturated heterocycles. The van der Waals surface area contributed by atoms with Gasteiger partial charge >= 0.3 is 0 Å². The number of aromatic nitrogens is 4. The number of fused-ring (bicyclic) bond motifs is 1. The van der Waals surface area contributed by atoms with Crippen molar-refractivity contribution in [3.63, 3.8) is 0 Å². The lowest BCUT2D eigenvalue weighted by atomic mass is 9.99. The number of nitrogens with two attached hydrogens (primary N) is 1. The topological polar surface area (TPSA) is 150 Å². The molecule has 0 amide bonds. The first-order chi connectivity index (χ1) is 9.08. The minimum absolute atomic E-state index is 0.120. The number of aliphatic hydroxyl groups excluding tert-OH is 3. The summed E-state index contributed by atoms with van der Waals surface area (Å²) in [6.07, 6.45) is -3.33. The molecule has 0 aliphatic carbocycles. The molecular weight excluding hydrogens is 254 g/mol. The molecule has 0 saturated carbocycles. The Morgan fingerprint density at radius 3 is 2.84 bits per heavy atom. The quantitative estimate of drug-likeness (QED) is 0.401. The van der Waals surface area contributed by atoms with Crippen molar-refractivity contribution in [1.82, 2.24) is 19.9 Å². The van der Waals surface area contributed by atoms with E-state index >= 15 is 0 Å². The molecule has 1 unspecified atom stereocenters. The normalized spacial score (nSPS) is 31.7. The van der Waals surface area contributed by atoms with E-state index in [0.29, 0.717) is 11.2 Å². The fourth-order valence-electron chi connectivity index (χ4n) is 2.03. The summed E-state index contributed by atoms with van der Waals surface area (Å²) in [4.78, 5) is 14.9. The maximum Gasteiger partial charge on any atom is 0.183 e. The van der Waals surface area contributed by atoms with Crippen LogP contribution in [0.5, 0.6) is 0 Å². The van der Waals surface area contributed by atoms with Crippen LogP contribution in [0.15, 0.2) is 6.33 Å². The monoisotopic (exact) mass is 267 g/mol. The van der Waals surface area contributed by atoms with Gasteiger partial charge in [-0.3, -0.25) is 0 Å². The van der Waals surface area contributed by atoms with Gasteiger partial charge in [0.1, 0.15) is 29.9 Å². The third-order valence-electron chi connectivity index (χ3n) is 3.09. The molecule has 0 spiro atoms. The molecule has 0 radical (unpaired) electrons. The van der Waals surface area contributed by atoms with E-state index in [2.05, 4.69) is 19.9 Å². The van der Waals surface area contributed by atoms with Gasteiger partial charge in [-0.2, -0.15) is 0 Å². The number of hydrogen-bond donors (Lipinski definition) is 5. The summed E-state index contributed by atoms with van der Waals surface area (Å²) in [5.41, 5.74) is 6.59. The van der Waals surface area contributed by atoms with Gasteiger partial charge in [-0.1, -0.05) is 0 Å². The first kappa shape index (κ1) is 12.2. The Kier molecular flexibility index (Phi) is 2.82. The Bertz CT molecular complexity index is 603. The number of nitrogen functional groups attached to an aromatic ring is 1. The molecule has 1 fully saturated rings. The highest BCUT2D eigenvalue weighted by Crippen LogP contribution is 2.28. The molecule has 9 nitrogen and oxygen atoms in total. The van der Waals surface area contributed by atoms with Crippen LogP contribution in [-0.2, 0) is 4.74 Å². The maximum absolute atomic E-state index is 9.89. The van der Waals surface area contributed by atoms with E-state index in [1.165, 1.54) is 6.33 Å². The lowest BCUT2D eigenvalue weighted by Gasteiger charge is -2.34. The Morgan fingerprint density at radius 1 is 1.26 bits per heavy atom. The van der Waals surface area contributed by atoms with Gasteiger partial charge in [0.2, 0.25) is 0 Å². The van der Waals surface area contributed by atoms with Gasteiger partial charge in [0.15, 0.2) is 17.3 Å². The summed E-state index contributed by atoms with van der Waals surface area (Å²) in [7, 11) is 0. The summed E-state index contributed by atoms with van der Waals surface area (Å²) in [6.45, 7) is -0.120. The summed E-state index contributed by atoms with van der Waals surface area (Å²) < 4.78 is 5.26. The predicted molar refractivity (Wildman–Crippen MR) is 62.8 cm³/mol. The van der Waals surface area contributed by atoms with E-state index in [4.69, 9.17) is 10.5 Å². The molecule has 0 bridgehead atoms. The number of hydrogen-bond acceptors (Lipinski definition) is 8. The SMILES string of the molecule is Nc1nc(C2OC[C@@H](O)[C@@H](O)[C@@H]2O)nc2nc[nH]c12. The average Bonchev–Trinajstić information content (AvgIpc) is 2.85. The zero-order valence-electron chi connectivity index (χ0n) is 9.76. The second kappa shape index (κ2) is 4.38. The number of rotatable bonds is 1. The highest BCUT2D eigenvalue weighted by atomic mass is 16.5. The van der Waals surface area contributed by atoms with Crippen molar-refractivity contribution in [2.75, 3.05) is 12.3 Å². The lowest BCUT2D eigenvalue weighted by Crippen LogP contribution is -2.49. The van der Waals surface area contributed by atoms with Crippen LogP contribution in [0.1, 0.15) is 11.9 Å². The number of anilines is 1. The van der Waals surface area contributed by atoms with Crippen molar-refractivity contribution in [2.24, 2.45) is 0 Å². The Balaban J connectivity index is 1.99. The van der Waals surface area contributed by atoms with Crippen LogP contribution in [0, 0.1) is 0 Å². The number of H-pyrrole nitrogens is 1. The molecular formula is C10H13N5O4. The molecule has 4 atom stereocenters. The molecule has 3 rings (SSSR count). The van der Waals surface area contributed by atoms with Crippen LogP contribution in [0.4, 0.5) is 5.82 Å². The highest BCUT2D eigenvalue weighted by molar-refractivity contribution is 5.80. The molecule has 2 aromatic rings. The van der Waals surface area contributed by atoms with Crippen LogP contribution < -0.4 is 5.73 Å². The Labute approximate surface area is 107 Å². The number of imidazole rings is 1. The number of nitrogens with one attached hydrogen (secondary N) is 1. The first-order valence-electron chi connectivity index (χ1n) is 5.70. The number of nitrogens with zero attached hydrogens (tertiary/aromatic N) is 3. The Hall–Kier alpha value is -1.81. The zero-order valence-corrected chi connectivity index (χ0v) is 9.76. The minimum Gasteiger partial charge on any atom is -0.388 e. The van der Waals surface area contributed by atoms with Crippen molar-refractivity contribution in [3.05, 3.63) is 12.2 Å². The highest BCUT2D eigenvalue weighted by Gasteiger charge is 2.40. The fourth-order valence-corrected chi connectivity index (χ4v) is 2.03. The van der Waals surface area contributed by atoms with Gasteiger partial charge in [0.05, 0.1) is 12.9 Å². The van der Waals surface area contributed by atoms with Crippen molar-refractivity contribution in [2.45, 2.75) is 24.4 Å². The fraction of sp³-hybridized carbons (Fsp3) is 0.500. The van der Waals surface area contributed by atoms with Gasteiger partial charge in [-0.25, -0.2) is 15.0 Å². The van der Waals surface area contributed by atoms with E-state index < -0.39 is 24.4 Å². The third kappa shape index (κ3) is 1.92.